The zero-order valence-electron chi connectivity index (χ0n) is 17.4. The predicted octanol–water partition coefficient (Wildman–Crippen LogP) is 2.05. The minimum atomic E-state index is -0.571. The van der Waals surface area contributed by atoms with E-state index >= 15 is 0 Å². The van der Waals surface area contributed by atoms with Gasteiger partial charge in [0.1, 0.15) is 0 Å². The normalized spacial score (nSPS) is 10.7. The first-order chi connectivity index (χ1) is 16.1. The molecule has 168 valence electrons. The fraction of sp³-hybridized carbons (Fsp3) is 0.158. The second kappa shape index (κ2) is 10.2. The van der Waals surface area contributed by atoms with E-state index in [-0.39, 0.29) is 11.4 Å². The third-order valence-corrected chi connectivity index (χ3v) is 6.08. The molecule has 0 unspecified atom stereocenters. The van der Waals surface area contributed by atoms with E-state index in [9.17, 15) is 9.59 Å². The Morgan fingerprint density at radius 2 is 1.15 bits per heavy atom. The van der Waals surface area contributed by atoms with Crippen LogP contribution in [0, 0.1) is 0 Å². The molecule has 4 aromatic heterocycles. The molecule has 0 aliphatic rings. The first kappa shape index (κ1) is 22.4. The van der Waals surface area contributed by atoms with Gasteiger partial charge in [-0.1, -0.05) is 23.5 Å². The van der Waals surface area contributed by atoms with E-state index in [4.69, 9.17) is 9.47 Å². The molecule has 0 N–H and O–H groups in total. The third-order valence-electron chi connectivity index (χ3n) is 4.05. The second-order valence-corrected chi connectivity index (χ2v) is 8.30. The summed E-state index contributed by atoms with van der Waals surface area (Å²) >= 11 is 2.66. The van der Waals surface area contributed by atoms with Crippen molar-refractivity contribution in [2.75, 3.05) is 19.3 Å². The molecule has 0 aromatic carbocycles. The number of ether oxygens (including phenoxy) is 2. The van der Waals surface area contributed by atoms with Crippen molar-refractivity contribution in [2.24, 2.45) is 0 Å². The van der Waals surface area contributed by atoms with Crippen LogP contribution >= 0.6 is 23.5 Å². The first-order valence-electron chi connectivity index (χ1n) is 9.26. The molecule has 0 aliphatic carbocycles. The van der Waals surface area contributed by atoms with Crippen LogP contribution in [0.2, 0.25) is 0 Å². The Bertz CT molecular complexity index is 1170. The number of hydrogen-bond acceptors (Lipinski definition) is 12. The lowest BCUT2D eigenvalue weighted by molar-refractivity contribution is 0.0585. The van der Waals surface area contributed by atoms with E-state index in [0.717, 1.165) is 0 Å². The molecule has 33 heavy (non-hydrogen) atoms. The molecule has 4 heterocycles. The molecule has 14 heteroatoms. The van der Waals surface area contributed by atoms with Crippen molar-refractivity contribution < 1.29 is 19.1 Å². The monoisotopic (exact) mass is 484 g/mol. The van der Waals surface area contributed by atoms with Crippen LogP contribution in [0.5, 0.6) is 0 Å². The lowest BCUT2D eigenvalue weighted by Crippen LogP contribution is -2.02. The summed E-state index contributed by atoms with van der Waals surface area (Å²) in [6.45, 7) is 0. The smallest absolute Gasteiger partial charge is 0.358 e. The number of methoxy groups -OCH3 is 2. The van der Waals surface area contributed by atoms with Crippen molar-refractivity contribution >= 4 is 35.5 Å². The van der Waals surface area contributed by atoms with Gasteiger partial charge in [0.2, 0.25) is 11.9 Å². The maximum atomic E-state index is 12.0. The number of carbonyl (C=O) groups is 2. The minimum Gasteiger partial charge on any atom is -0.464 e. The van der Waals surface area contributed by atoms with Gasteiger partial charge in [-0.15, -0.1) is 0 Å². The Balaban J connectivity index is 1.58. The fourth-order valence-electron chi connectivity index (χ4n) is 2.59. The van der Waals surface area contributed by atoms with Crippen LogP contribution < -0.4 is 0 Å². The van der Waals surface area contributed by atoms with Gasteiger partial charge in [0.25, 0.3) is 0 Å². The molecule has 0 radical (unpaired) electrons. The third kappa shape index (κ3) is 5.01. The molecule has 12 nitrogen and oxygen atoms in total. The Morgan fingerprint density at radius 3 is 1.52 bits per heavy atom. The minimum absolute atomic E-state index is 0.129. The van der Waals surface area contributed by atoms with Gasteiger partial charge in [0.15, 0.2) is 21.7 Å². The quantitative estimate of drug-likeness (QED) is 0.205. The zero-order valence-corrected chi connectivity index (χ0v) is 19.0. The molecule has 0 spiro atoms. The van der Waals surface area contributed by atoms with E-state index in [1.807, 2.05) is 0 Å². The van der Waals surface area contributed by atoms with E-state index in [0.29, 0.717) is 27.3 Å². The summed E-state index contributed by atoms with van der Waals surface area (Å²) < 4.78 is 12.8. The van der Waals surface area contributed by atoms with E-state index < -0.39 is 11.9 Å². The molecule has 0 fully saturated rings. The van der Waals surface area contributed by atoms with Crippen molar-refractivity contribution in [3.05, 3.63) is 60.7 Å². The zero-order chi connectivity index (χ0) is 23.2. The highest BCUT2D eigenvalue weighted by atomic mass is 32.2. The number of thioether (sulfide) groups is 2. The van der Waals surface area contributed by atoms with Crippen LogP contribution in [0.1, 0.15) is 21.0 Å². The summed E-state index contributed by atoms with van der Waals surface area (Å²) in [5, 5.41) is 1.39. The first-order valence-corrected chi connectivity index (χ1v) is 11.2. The van der Waals surface area contributed by atoms with Crippen LogP contribution in [0.4, 0.5) is 0 Å². The number of rotatable bonds is 8. The summed E-state index contributed by atoms with van der Waals surface area (Å²) in [5.74, 6) is -0.419. The summed E-state index contributed by atoms with van der Waals surface area (Å²) in [7, 11) is 2.57. The molecule has 0 atom stereocenters. The highest BCUT2D eigenvalue weighted by molar-refractivity contribution is 8.15. The fourth-order valence-corrected chi connectivity index (χ4v) is 4.54. The number of esters is 2. The average molecular weight is 485 g/mol. The highest BCUT2D eigenvalue weighted by Crippen LogP contribution is 2.29. The maximum Gasteiger partial charge on any atom is 0.358 e. The van der Waals surface area contributed by atoms with Crippen molar-refractivity contribution in [1.82, 2.24) is 39.0 Å². The topological polar surface area (TPSA) is 140 Å². The van der Waals surface area contributed by atoms with Gasteiger partial charge in [0, 0.05) is 37.2 Å². The van der Waals surface area contributed by atoms with Gasteiger partial charge < -0.3 is 9.47 Å². The lowest BCUT2D eigenvalue weighted by atomic mass is 10.5. The number of nitrogens with zero attached hydrogens (tertiary/aromatic N) is 8. The number of aromatic nitrogens is 8. The van der Waals surface area contributed by atoms with Gasteiger partial charge in [-0.2, -0.15) is 0 Å². The molecule has 0 saturated carbocycles. The largest absolute Gasteiger partial charge is 0.464 e. The Hall–Kier alpha value is -3.78. The predicted molar refractivity (Wildman–Crippen MR) is 118 cm³/mol. The van der Waals surface area contributed by atoms with Crippen molar-refractivity contribution in [3.63, 3.8) is 0 Å². The van der Waals surface area contributed by atoms with Gasteiger partial charge in [0.05, 0.1) is 19.3 Å². The van der Waals surface area contributed by atoms with Gasteiger partial charge >= 0.3 is 11.9 Å². The Kier molecular flexibility index (Phi) is 6.95. The molecule has 0 amide bonds. The maximum absolute atomic E-state index is 12.0. The molecular formula is C19H16N8O4S2. The second-order valence-electron chi connectivity index (χ2n) is 6.04. The average Bonchev–Trinajstić information content (AvgIpc) is 3.49. The molecule has 0 aliphatic heterocycles. The van der Waals surface area contributed by atoms with Gasteiger partial charge in [-0.3, -0.25) is 9.13 Å². The Morgan fingerprint density at radius 1 is 0.758 bits per heavy atom. The van der Waals surface area contributed by atoms with Crippen molar-refractivity contribution in [1.29, 1.82) is 0 Å². The van der Waals surface area contributed by atoms with E-state index in [2.05, 4.69) is 29.9 Å². The van der Waals surface area contributed by atoms with Crippen molar-refractivity contribution in [2.45, 2.75) is 10.3 Å². The summed E-state index contributed by atoms with van der Waals surface area (Å²) in [6, 6.07) is 3.38. The van der Waals surface area contributed by atoms with Crippen molar-refractivity contribution in [3.8, 4) is 11.9 Å². The number of hydrogen-bond donors (Lipinski definition) is 0. The van der Waals surface area contributed by atoms with Crippen LogP contribution in [0.25, 0.3) is 11.9 Å². The number of carbonyl (C=O) groups excluding carboxylic acids is 2. The van der Waals surface area contributed by atoms with Gasteiger partial charge in [-0.05, 0) is 12.1 Å². The van der Waals surface area contributed by atoms with E-state index in [1.165, 1.54) is 50.1 Å². The van der Waals surface area contributed by atoms with E-state index in [1.54, 1.807) is 46.1 Å². The summed E-state index contributed by atoms with van der Waals surface area (Å²) in [4.78, 5) is 49.5. The summed E-state index contributed by atoms with van der Waals surface area (Å²) in [5.41, 5.74) is 0.259. The standard InChI is InChI=1S/C19H16N8O4S2/c1-30-14(28)12-9-26(16-20-5-3-6-21-16)18(24-12)32-11-33-19-25-13(15(29)31-2)10-27(19)17-22-7-4-8-23-17/h3-10H,11H2,1-2H3. The molecular weight excluding hydrogens is 468 g/mol. The van der Waals surface area contributed by atoms with Crippen LogP contribution in [-0.4, -0.2) is 70.3 Å². The summed E-state index contributed by atoms with van der Waals surface area (Å²) in [6.07, 6.45) is 9.40. The molecule has 4 rings (SSSR count). The lowest BCUT2D eigenvalue weighted by Gasteiger charge is -2.06. The van der Waals surface area contributed by atoms with Gasteiger partial charge in [-0.25, -0.2) is 39.5 Å². The number of imidazole rings is 2. The SMILES string of the molecule is COC(=O)c1cn(-c2ncccn2)c(SCSc2nc(C(=O)OC)cn2-c2ncccn2)n1. The molecule has 0 bridgehead atoms. The highest BCUT2D eigenvalue weighted by Gasteiger charge is 2.20. The Labute approximate surface area is 195 Å². The molecule has 4 aromatic rings. The molecule has 0 saturated heterocycles. The van der Waals surface area contributed by atoms with Crippen LogP contribution in [0.3, 0.4) is 0 Å². The van der Waals surface area contributed by atoms with Crippen LogP contribution in [-0.2, 0) is 9.47 Å². The van der Waals surface area contributed by atoms with Crippen LogP contribution in [0.15, 0.2) is 59.6 Å².